The normalized spacial score (nSPS) is 31.0. The highest BCUT2D eigenvalue weighted by Crippen LogP contribution is 2.40. The second-order valence-electron chi connectivity index (χ2n) is 6.40. The van der Waals surface area contributed by atoms with Crippen LogP contribution in [0.2, 0.25) is 0 Å². The molecule has 0 saturated heterocycles. The number of carbonyl (C=O) groups excluding carboxylic acids is 1. The van der Waals surface area contributed by atoms with Gasteiger partial charge >= 0.3 is 6.18 Å². The molecule has 0 spiro atoms. The van der Waals surface area contributed by atoms with E-state index in [9.17, 15) is 18.0 Å². The summed E-state index contributed by atoms with van der Waals surface area (Å²) in [5.41, 5.74) is 4.76. The number of nitrogens with two attached hydrogens (primary N) is 1. The molecule has 0 aromatic carbocycles. The van der Waals surface area contributed by atoms with Gasteiger partial charge in [0.2, 0.25) is 5.91 Å². The average Bonchev–Trinajstić information content (AvgIpc) is 2.47. The maximum Gasteiger partial charge on any atom is 0.412 e. The quantitative estimate of drug-likeness (QED) is 0.797. The van der Waals surface area contributed by atoms with Gasteiger partial charge in [-0.15, -0.1) is 0 Å². The molecular formula is C15H23F3N2O. The van der Waals surface area contributed by atoms with Crippen molar-refractivity contribution >= 4 is 5.91 Å². The Kier molecular flexibility index (Phi) is 4.66. The van der Waals surface area contributed by atoms with Crippen molar-refractivity contribution in [2.45, 2.75) is 45.2 Å². The molecule has 1 saturated carbocycles. The molecule has 2 rings (SSSR count). The highest BCUT2D eigenvalue weighted by atomic mass is 19.4. The maximum absolute atomic E-state index is 12.7. The van der Waals surface area contributed by atoms with Gasteiger partial charge in [-0.25, -0.2) is 0 Å². The number of carbonyl (C=O) groups is 1. The minimum atomic E-state index is -4.28. The maximum atomic E-state index is 12.7. The molecule has 2 aliphatic rings. The van der Waals surface area contributed by atoms with Crippen LogP contribution in [0.3, 0.4) is 0 Å². The summed E-state index contributed by atoms with van der Waals surface area (Å²) in [4.78, 5) is 14.2. The Bertz CT molecular complexity index is 423. The Labute approximate surface area is 123 Å². The van der Waals surface area contributed by atoms with Crippen LogP contribution in [0.25, 0.3) is 0 Å². The van der Waals surface area contributed by atoms with Gasteiger partial charge in [-0.1, -0.05) is 13.0 Å². The Morgan fingerprint density at radius 1 is 1.43 bits per heavy atom. The highest BCUT2D eigenvalue weighted by Gasteiger charge is 2.43. The van der Waals surface area contributed by atoms with Crippen molar-refractivity contribution in [2.24, 2.45) is 17.1 Å². The minimum Gasteiger partial charge on any atom is -0.338 e. The molecule has 1 amide bonds. The van der Waals surface area contributed by atoms with Crippen molar-refractivity contribution in [3.05, 3.63) is 11.6 Å². The third kappa shape index (κ3) is 3.42. The van der Waals surface area contributed by atoms with Crippen molar-refractivity contribution in [2.75, 3.05) is 19.6 Å². The Hall–Kier alpha value is -1.04. The standard InChI is InChI=1S/C15H23F3N2O/c1-11-2-6-14(10-19,7-3-11)13(21)20-8-4-12(5-9-20)15(16,17)18/h4,11H,2-3,5-10,19H2,1H3. The fourth-order valence-corrected chi connectivity index (χ4v) is 3.27. The highest BCUT2D eigenvalue weighted by molar-refractivity contribution is 5.83. The van der Waals surface area contributed by atoms with Gasteiger partial charge in [0.25, 0.3) is 0 Å². The average molecular weight is 304 g/mol. The van der Waals surface area contributed by atoms with Crippen LogP contribution < -0.4 is 5.73 Å². The van der Waals surface area contributed by atoms with Crippen LogP contribution in [0, 0.1) is 11.3 Å². The van der Waals surface area contributed by atoms with Gasteiger partial charge in [-0.3, -0.25) is 4.79 Å². The number of amides is 1. The number of rotatable bonds is 2. The summed E-state index contributed by atoms with van der Waals surface area (Å²) in [6, 6.07) is 0. The monoisotopic (exact) mass is 304 g/mol. The van der Waals surface area contributed by atoms with Crippen LogP contribution in [0.1, 0.15) is 39.0 Å². The van der Waals surface area contributed by atoms with Gasteiger partial charge in [-0.05, 0) is 38.0 Å². The third-order valence-corrected chi connectivity index (χ3v) is 4.94. The zero-order chi connectivity index (χ0) is 15.7. The Morgan fingerprint density at radius 3 is 2.48 bits per heavy atom. The van der Waals surface area contributed by atoms with E-state index in [2.05, 4.69) is 6.92 Å². The van der Waals surface area contributed by atoms with E-state index in [0.717, 1.165) is 31.8 Å². The molecule has 0 aromatic rings. The van der Waals surface area contributed by atoms with Crippen LogP contribution in [0.15, 0.2) is 11.6 Å². The Balaban J connectivity index is 2.05. The lowest BCUT2D eigenvalue weighted by Gasteiger charge is -2.41. The molecule has 0 radical (unpaired) electrons. The molecule has 6 heteroatoms. The van der Waals surface area contributed by atoms with E-state index in [-0.39, 0.29) is 32.0 Å². The van der Waals surface area contributed by atoms with Crippen molar-refractivity contribution in [3.8, 4) is 0 Å². The molecule has 21 heavy (non-hydrogen) atoms. The molecule has 1 aliphatic heterocycles. The second-order valence-corrected chi connectivity index (χ2v) is 6.40. The smallest absolute Gasteiger partial charge is 0.338 e. The molecule has 120 valence electrons. The summed E-state index contributed by atoms with van der Waals surface area (Å²) in [6.45, 7) is 2.63. The lowest BCUT2D eigenvalue weighted by Crippen LogP contribution is -2.51. The largest absolute Gasteiger partial charge is 0.412 e. The molecule has 1 heterocycles. The summed E-state index contributed by atoms with van der Waals surface area (Å²) in [6.07, 6.45) is 0.150. The molecule has 3 nitrogen and oxygen atoms in total. The number of hydrogen-bond acceptors (Lipinski definition) is 2. The molecule has 0 bridgehead atoms. The molecule has 1 fully saturated rings. The van der Waals surface area contributed by atoms with E-state index in [4.69, 9.17) is 5.73 Å². The molecule has 0 unspecified atom stereocenters. The van der Waals surface area contributed by atoms with Gasteiger partial charge in [0.1, 0.15) is 0 Å². The summed E-state index contributed by atoms with van der Waals surface area (Å²) in [7, 11) is 0. The number of alkyl halides is 3. The summed E-state index contributed by atoms with van der Waals surface area (Å²) < 4.78 is 37.9. The first-order valence-corrected chi connectivity index (χ1v) is 7.54. The Morgan fingerprint density at radius 2 is 2.05 bits per heavy atom. The molecule has 0 atom stereocenters. The van der Waals surface area contributed by atoms with Crippen molar-refractivity contribution in [1.29, 1.82) is 0 Å². The summed E-state index contributed by atoms with van der Waals surface area (Å²) >= 11 is 0. The van der Waals surface area contributed by atoms with Gasteiger partial charge in [-0.2, -0.15) is 13.2 Å². The zero-order valence-corrected chi connectivity index (χ0v) is 12.4. The second kappa shape index (κ2) is 5.99. The molecular weight excluding hydrogens is 281 g/mol. The van der Waals surface area contributed by atoms with Crippen LogP contribution in [0.5, 0.6) is 0 Å². The van der Waals surface area contributed by atoms with E-state index in [1.54, 1.807) is 0 Å². The van der Waals surface area contributed by atoms with Crippen molar-refractivity contribution < 1.29 is 18.0 Å². The van der Waals surface area contributed by atoms with Gasteiger partial charge in [0, 0.05) is 25.2 Å². The topological polar surface area (TPSA) is 46.3 Å². The number of nitrogens with zero attached hydrogens (tertiary/aromatic N) is 1. The van der Waals surface area contributed by atoms with E-state index < -0.39 is 17.2 Å². The minimum absolute atomic E-state index is 0.0466. The fraction of sp³-hybridized carbons (Fsp3) is 0.800. The van der Waals surface area contributed by atoms with E-state index in [1.807, 2.05) is 0 Å². The van der Waals surface area contributed by atoms with Crippen LogP contribution >= 0.6 is 0 Å². The van der Waals surface area contributed by atoms with E-state index in [0.29, 0.717) is 5.92 Å². The van der Waals surface area contributed by atoms with E-state index >= 15 is 0 Å². The van der Waals surface area contributed by atoms with Crippen LogP contribution in [0.4, 0.5) is 13.2 Å². The first kappa shape index (κ1) is 16.3. The predicted octanol–water partition coefficient (Wildman–Crippen LogP) is 2.86. The number of halogens is 3. The number of hydrogen-bond donors (Lipinski definition) is 1. The lowest BCUT2D eigenvalue weighted by molar-refractivity contribution is -0.144. The molecule has 2 N–H and O–H groups in total. The summed E-state index contributed by atoms with van der Waals surface area (Å²) in [5.74, 6) is 0.532. The van der Waals surface area contributed by atoms with E-state index in [1.165, 1.54) is 4.90 Å². The first-order valence-electron chi connectivity index (χ1n) is 7.54. The zero-order valence-electron chi connectivity index (χ0n) is 12.4. The fourth-order valence-electron chi connectivity index (χ4n) is 3.27. The first-order chi connectivity index (χ1) is 9.78. The van der Waals surface area contributed by atoms with Crippen molar-refractivity contribution in [3.63, 3.8) is 0 Å². The molecule has 1 aliphatic carbocycles. The van der Waals surface area contributed by atoms with Gasteiger partial charge < -0.3 is 10.6 Å². The molecule has 0 aromatic heterocycles. The lowest BCUT2D eigenvalue weighted by atomic mass is 9.70. The predicted molar refractivity (Wildman–Crippen MR) is 74.5 cm³/mol. The third-order valence-electron chi connectivity index (χ3n) is 4.94. The van der Waals surface area contributed by atoms with Crippen LogP contribution in [-0.2, 0) is 4.79 Å². The SMILES string of the molecule is CC1CCC(CN)(C(=O)N2CC=C(C(F)(F)F)CC2)CC1. The van der Waals surface area contributed by atoms with Gasteiger partial charge in [0.15, 0.2) is 0 Å². The van der Waals surface area contributed by atoms with Crippen molar-refractivity contribution in [1.82, 2.24) is 4.90 Å². The summed E-state index contributed by atoms with van der Waals surface area (Å²) in [5, 5.41) is 0. The van der Waals surface area contributed by atoms with Crippen LogP contribution in [-0.4, -0.2) is 36.6 Å². The van der Waals surface area contributed by atoms with Gasteiger partial charge in [0.05, 0.1) is 5.41 Å².